The first-order chi connectivity index (χ1) is 7.18. The molecule has 0 saturated heterocycles. The summed E-state index contributed by atoms with van der Waals surface area (Å²) in [5.41, 5.74) is 0.171. The molecule has 0 saturated carbocycles. The van der Waals surface area contributed by atoms with Gasteiger partial charge in [0, 0.05) is 12.4 Å². The van der Waals surface area contributed by atoms with E-state index in [9.17, 15) is 4.79 Å². The largest absolute Gasteiger partial charge is 0.477 e. The SMILES string of the molecule is O=C(O)c1cccn1-c1ccc(Cl)cn1. The lowest BCUT2D eigenvalue weighted by Gasteiger charge is -2.04. The molecule has 1 N–H and O–H groups in total. The summed E-state index contributed by atoms with van der Waals surface area (Å²) in [6.45, 7) is 0. The molecule has 2 aromatic rings. The minimum Gasteiger partial charge on any atom is -0.477 e. The van der Waals surface area contributed by atoms with Gasteiger partial charge in [0.15, 0.2) is 0 Å². The normalized spacial score (nSPS) is 10.2. The Morgan fingerprint density at radius 2 is 2.20 bits per heavy atom. The van der Waals surface area contributed by atoms with Crippen molar-refractivity contribution >= 4 is 17.6 Å². The summed E-state index contributed by atoms with van der Waals surface area (Å²) in [4.78, 5) is 14.9. The fraction of sp³-hybridized carbons (Fsp3) is 0. The fourth-order valence-electron chi connectivity index (χ4n) is 1.27. The summed E-state index contributed by atoms with van der Waals surface area (Å²) in [5, 5.41) is 9.41. The molecule has 4 nitrogen and oxygen atoms in total. The van der Waals surface area contributed by atoms with Gasteiger partial charge < -0.3 is 5.11 Å². The smallest absolute Gasteiger partial charge is 0.352 e. The molecule has 2 aromatic heterocycles. The van der Waals surface area contributed by atoms with Crippen LogP contribution < -0.4 is 0 Å². The zero-order valence-electron chi connectivity index (χ0n) is 7.59. The fourth-order valence-corrected chi connectivity index (χ4v) is 1.38. The van der Waals surface area contributed by atoms with Crippen LogP contribution in [0, 0.1) is 0 Å². The molecule has 0 radical (unpaired) electrons. The molecule has 15 heavy (non-hydrogen) atoms. The van der Waals surface area contributed by atoms with Crippen molar-refractivity contribution < 1.29 is 9.90 Å². The van der Waals surface area contributed by atoms with Crippen molar-refractivity contribution in [1.82, 2.24) is 9.55 Å². The number of carbonyl (C=O) groups is 1. The monoisotopic (exact) mass is 222 g/mol. The van der Waals surface area contributed by atoms with Gasteiger partial charge in [-0.2, -0.15) is 0 Å². The summed E-state index contributed by atoms with van der Waals surface area (Å²) < 4.78 is 1.48. The first-order valence-electron chi connectivity index (χ1n) is 4.21. The highest BCUT2D eigenvalue weighted by molar-refractivity contribution is 6.30. The van der Waals surface area contributed by atoms with E-state index in [-0.39, 0.29) is 5.69 Å². The molecule has 0 bridgehead atoms. The molecule has 0 amide bonds. The molecule has 5 heteroatoms. The predicted octanol–water partition coefficient (Wildman–Crippen LogP) is 2.22. The third-order valence-electron chi connectivity index (χ3n) is 1.93. The van der Waals surface area contributed by atoms with Crippen LogP contribution in [0.25, 0.3) is 5.82 Å². The third-order valence-corrected chi connectivity index (χ3v) is 2.15. The molecule has 0 aliphatic carbocycles. The highest BCUT2D eigenvalue weighted by Crippen LogP contribution is 2.13. The van der Waals surface area contributed by atoms with E-state index in [1.165, 1.54) is 16.8 Å². The topological polar surface area (TPSA) is 55.1 Å². The Hall–Kier alpha value is -1.81. The van der Waals surface area contributed by atoms with Gasteiger partial charge in [0.2, 0.25) is 0 Å². The molecule has 0 aliphatic rings. The Balaban J connectivity index is 2.49. The van der Waals surface area contributed by atoms with Crippen molar-refractivity contribution in [2.75, 3.05) is 0 Å². The van der Waals surface area contributed by atoms with Crippen LogP contribution in [0.3, 0.4) is 0 Å². The number of aromatic nitrogens is 2. The maximum absolute atomic E-state index is 10.8. The van der Waals surface area contributed by atoms with E-state index in [0.29, 0.717) is 10.8 Å². The van der Waals surface area contributed by atoms with Crippen molar-refractivity contribution in [1.29, 1.82) is 0 Å². The lowest BCUT2D eigenvalue weighted by Crippen LogP contribution is -2.06. The van der Waals surface area contributed by atoms with Crippen molar-refractivity contribution in [3.8, 4) is 5.82 Å². The molecular formula is C10H7ClN2O2. The first kappa shape index (κ1) is 9.73. The molecule has 0 fully saturated rings. The third kappa shape index (κ3) is 1.85. The number of nitrogens with zero attached hydrogens (tertiary/aromatic N) is 2. The van der Waals surface area contributed by atoms with Crippen molar-refractivity contribution in [3.63, 3.8) is 0 Å². The lowest BCUT2D eigenvalue weighted by molar-refractivity contribution is 0.0688. The Morgan fingerprint density at radius 1 is 1.40 bits per heavy atom. The number of carboxylic acids is 1. The average Bonchev–Trinajstić information content (AvgIpc) is 2.67. The number of carboxylic acid groups (broad SMARTS) is 1. The molecule has 2 rings (SSSR count). The summed E-state index contributed by atoms with van der Waals surface area (Å²) >= 11 is 5.69. The molecule has 0 atom stereocenters. The van der Waals surface area contributed by atoms with E-state index in [1.807, 2.05) is 0 Å². The minimum atomic E-state index is -0.989. The van der Waals surface area contributed by atoms with Crippen LogP contribution in [0.1, 0.15) is 10.5 Å². The minimum absolute atomic E-state index is 0.171. The zero-order chi connectivity index (χ0) is 10.8. The van der Waals surface area contributed by atoms with Crippen LogP contribution in [-0.4, -0.2) is 20.6 Å². The summed E-state index contributed by atoms with van der Waals surface area (Å²) in [6, 6.07) is 6.49. The number of aromatic carboxylic acids is 1. The van der Waals surface area contributed by atoms with Gasteiger partial charge in [0.1, 0.15) is 11.5 Å². The summed E-state index contributed by atoms with van der Waals surface area (Å²) in [5.74, 6) is -0.460. The number of rotatable bonds is 2. The molecule has 2 heterocycles. The van der Waals surface area contributed by atoms with Crippen molar-refractivity contribution in [2.24, 2.45) is 0 Å². The van der Waals surface area contributed by atoms with Gasteiger partial charge >= 0.3 is 5.97 Å². The second kappa shape index (κ2) is 3.74. The van der Waals surface area contributed by atoms with Gasteiger partial charge in [-0.25, -0.2) is 9.78 Å². The van der Waals surface area contributed by atoms with E-state index in [2.05, 4.69) is 4.98 Å². The molecule has 0 aromatic carbocycles. The Bertz CT molecular complexity index is 490. The number of pyridine rings is 1. The molecule has 0 spiro atoms. The Kier molecular flexibility index (Phi) is 2.43. The summed E-state index contributed by atoms with van der Waals surface area (Å²) in [6.07, 6.45) is 3.11. The maximum Gasteiger partial charge on any atom is 0.352 e. The van der Waals surface area contributed by atoms with Crippen molar-refractivity contribution in [2.45, 2.75) is 0 Å². The van der Waals surface area contributed by atoms with E-state index < -0.39 is 5.97 Å². The quantitative estimate of drug-likeness (QED) is 0.848. The zero-order valence-corrected chi connectivity index (χ0v) is 8.35. The molecular weight excluding hydrogens is 216 g/mol. The van der Waals surface area contributed by atoms with E-state index >= 15 is 0 Å². The van der Waals surface area contributed by atoms with E-state index in [0.717, 1.165) is 0 Å². The van der Waals surface area contributed by atoms with Gasteiger partial charge in [-0.1, -0.05) is 11.6 Å². The number of hydrogen-bond donors (Lipinski definition) is 1. The van der Waals surface area contributed by atoms with Crippen molar-refractivity contribution in [3.05, 3.63) is 47.4 Å². The van der Waals surface area contributed by atoms with E-state index in [1.54, 1.807) is 24.4 Å². The van der Waals surface area contributed by atoms with Gasteiger partial charge in [-0.15, -0.1) is 0 Å². The van der Waals surface area contributed by atoms with Crippen LogP contribution in [-0.2, 0) is 0 Å². The maximum atomic E-state index is 10.8. The highest BCUT2D eigenvalue weighted by atomic mass is 35.5. The first-order valence-corrected chi connectivity index (χ1v) is 4.59. The highest BCUT2D eigenvalue weighted by Gasteiger charge is 2.10. The second-order valence-electron chi connectivity index (χ2n) is 2.90. The molecule has 0 aliphatic heterocycles. The number of halogens is 1. The van der Waals surface area contributed by atoms with Gasteiger partial charge in [-0.3, -0.25) is 4.57 Å². The molecule has 0 unspecified atom stereocenters. The van der Waals surface area contributed by atoms with Gasteiger partial charge in [0.05, 0.1) is 5.02 Å². The van der Waals surface area contributed by atoms with Crippen LogP contribution >= 0.6 is 11.6 Å². The number of hydrogen-bond acceptors (Lipinski definition) is 2. The standard InChI is InChI=1S/C10H7ClN2O2/c11-7-3-4-9(12-6-7)13-5-1-2-8(13)10(14)15/h1-6H,(H,14,15). The molecule has 76 valence electrons. The Morgan fingerprint density at radius 3 is 2.80 bits per heavy atom. The summed E-state index contributed by atoms with van der Waals surface area (Å²) in [7, 11) is 0. The van der Waals surface area contributed by atoms with Crippen LogP contribution in [0.5, 0.6) is 0 Å². The van der Waals surface area contributed by atoms with Gasteiger partial charge in [0.25, 0.3) is 0 Å². The lowest BCUT2D eigenvalue weighted by atomic mass is 10.4. The van der Waals surface area contributed by atoms with Crippen LogP contribution in [0.4, 0.5) is 0 Å². The van der Waals surface area contributed by atoms with Gasteiger partial charge in [-0.05, 0) is 24.3 Å². The Labute approximate surface area is 90.8 Å². The van der Waals surface area contributed by atoms with E-state index in [4.69, 9.17) is 16.7 Å². The second-order valence-corrected chi connectivity index (χ2v) is 3.34. The average molecular weight is 223 g/mol. The van der Waals surface area contributed by atoms with Crippen LogP contribution in [0.15, 0.2) is 36.7 Å². The predicted molar refractivity (Wildman–Crippen MR) is 55.5 cm³/mol. The van der Waals surface area contributed by atoms with Crippen LogP contribution in [0.2, 0.25) is 5.02 Å².